The Balaban J connectivity index is 1.45. The molecule has 1 aromatic heterocycles. The first kappa shape index (κ1) is 20.6. The van der Waals surface area contributed by atoms with Gasteiger partial charge in [-0.25, -0.2) is 8.42 Å². The highest BCUT2D eigenvalue weighted by Gasteiger charge is 2.31. The SMILES string of the molecule is CCC(C)c1ccc(S(=O)(=O)N2CCN(C(=O)c3n[nH]c4ccccc34)CC2)cc1. The van der Waals surface area contributed by atoms with Crippen LogP contribution in [-0.2, 0) is 10.0 Å². The highest BCUT2D eigenvalue weighted by molar-refractivity contribution is 7.89. The van der Waals surface area contributed by atoms with E-state index in [2.05, 4.69) is 24.0 Å². The Bertz CT molecular complexity index is 1150. The van der Waals surface area contributed by atoms with E-state index in [4.69, 9.17) is 0 Å². The number of rotatable bonds is 5. The highest BCUT2D eigenvalue weighted by atomic mass is 32.2. The lowest BCUT2D eigenvalue weighted by Crippen LogP contribution is -2.50. The number of hydrogen-bond acceptors (Lipinski definition) is 4. The minimum absolute atomic E-state index is 0.178. The molecular weight excluding hydrogens is 400 g/mol. The van der Waals surface area contributed by atoms with Gasteiger partial charge < -0.3 is 4.90 Å². The standard InChI is InChI=1S/C22H26N4O3S/c1-3-16(2)17-8-10-18(11-9-17)30(28,29)26-14-12-25(13-15-26)22(27)21-19-6-4-5-7-20(19)23-24-21/h4-11,16H,3,12-15H2,1-2H3,(H,23,24). The summed E-state index contributed by atoms with van der Waals surface area (Å²) in [5, 5.41) is 7.82. The van der Waals surface area contributed by atoms with E-state index in [1.807, 2.05) is 36.4 Å². The third-order valence-corrected chi connectivity index (χ3v) is 7.81. The maximum Gasteiger partial charge on any atom is 0.275 e. The molecule has 1 N–H and O–H groups in total. The number of amides is 1. The van der Waals surface area contributed by atoms with E-state index in [1.165, 1.54) is 4.31 Å². The molecule has 8 heteroatoms. The van der Waals surface area contributed by atoms with Gasteiger partial charge in [0.2, 0.25) is 10.0 Å². The predicted molar refractivity (Wildman–Crippen MR) is 116 cm³/mol. The van der Waals surface area contributed by atoms with Gasteiger partial charge in [-0.3, -0.25) is 9.89 Å². The Kier molecular flexibility index (Phi) is 5.62. The fourth-order valence-electron chi connectivity index (χ4n) is 3.76. The maximum absolute atomic E-state index is 13.0. The fraction of sp³-hybridized carbons (Fsp3) is 0.364. The third kappa shape index (κ3) is 3.73. The van der Waals surface area contributed by atoms with E-state index in [0.29, 0.717) is 29.6 Å². The van der Waals surface area contributed by atoms with E-state index < -0.39 is 10.0 Å². The molecule has 1 fully saturated rings. The van der Waals surface area contributed by atoms with E-state index in [0.717, 1.165) is 22.9 Å². The molecule has 1 amide bonds. The van der Waals surface area contributed by atoms with Gasteiger partial charge in [0.05, 0.1) is 10.4 Å². The average molecular weight is 427 g/mol. The minimum atomic E-state index is -3.58. The summed E-state index contributed by atoms with van der Waals surface area (Å²) in [6, 6.07) is 14.6. The number of sulfonamides is 1. The highest BCUT2D eigenvalue weighted by Crippen LogP contribution is 2.24. The van der Waals surface area contributed by atoms with Gasteiger partial charge in [-0.05, 0) is 36.1 Å². The molecule has 1 saturated heterocycles. The molecule has 0 saturated carbocycles. The second-order valence-corrected chi connectivity index (χ2v) is 9.63. The molecule has 0 spiro atoms. The number of nitrogens with zero attached hydrogens (tertiary/aromatic N) is 3. The number of para-hydroxylation sites is 1. The first-order chi connectivity index (χ1) is 14.4. The third-order valence-electron chi connectivity index (χ3n) is 5.90. The van der Waals surface area contributed by atoms with Gasteiger partial charge in [-0.1, -0.05) is 44.2 Å². The van der Waals surface area contributed by atoms with Crippen molar-refractivity contribution in [2.75, 3.05) is 26.2 Å². The molecule has 0 bridgehead atoms. The van der Waals surface area contributed by atoms with Crippen molar-refractivity contribution in [3.63, 3.8) is 0 Å². The lowest BCUT2D eigenvalue weighted by atomic mass is 9.99. The fourth-order valence-corrected chi connectivity index (χ4v) is 5.18. The second kappa shape index (κ2) is 8.20. The maximum atomic E-state index is 13.0. The number of carbonyl (C=O) groups excluding carboxylic acids is 1. The van der Waals surface area contributed by atoms with Crippen LogP contribution < -0.4 is 0 Å². The van der Waals surface area contributed by atoms with Crippen LogP contribution in [0.2, 0.25) is 0 Å². The number of carbonyl (C=O) groups is 1. The van der Waals surface area contributed by atoms with Gasteiger partial charge in [-0.15, -0.1) is 0 Å². The van der Waals surface area contributed by atoms with Gasteiger partial charge in [0, 0.05) is 31.6 Å². The van der Waals surface area contributed by atoms with Crippen LogP contribution in [0, 0.1) is 0 Å². The van der Waals surface area contributed by atoms with Crippen molar-refractivity contribution in [3.8, 4) is 0 Å². The molecule has 1 unspecified atom stereocenters. The number of piperazine rings is 1. The van der Waals surface area contributed by atoms with E-state index in [-0.39, 0.29) is 19.0 Å². The van der Waals surface area contributed by atoms with Crippen molar-refractivity contribution in [3.05, 3.63) is 59.8 Å². The van der Waals surface area contributed by atoms with Gasteiger partial charge >= 0.3 is 0 Å². The summed E-state index contributed by atoms with van der Waals surface area (Å²) in [5.41, 5.74) is 2.32. The van der Waals surface area contributed by atoms with Crippen LogP contribution in [0.5, 0.6) is 0 Å². The molecule has 1 aliphatic heterocycles. The normalized spacial score (nSPS) is 16.7. The molecule has 0 radical (unpaired) electrons. The molecule has 0 aliphatic carbocycles. The summed E-state index contributed by atoms with van der Waals surface area (Å²) in [5.74, 6) is 0.219. The number of aromatic nitrogens is 2. The van der Waals surface area contributed by atoms with Crippen molar-refractivity contribution < 1.29 is 13.2 Å². The largest absolute Gasteiger partial charge is 0.335 e. The number of fused-ring (bicyclic) bond motifs is 1. The van der Waals surface area contributed by atoms with Crippen LogP contribution in [0.4, 0.5) is 0 Å². The Morgan fingerprint density at radius 2 is 1.73 bits per heavy atom. The molecule has 2 aromatic carbocycles. The predicted octanol–water partition coefficient (Wildman–Crippen LogP) is 3.22. The minimum Gasteiger partial charge on any atom is -0.335 e. The van der Waals surface area contributed by atoms with Gasteiger partial charge in [0.15, 0.2) is 5.69 Å². The van der Waals surface area contributed by atoms with Crippen LogP contribution in [0.25, 0.3) is 10.9 Å². The summed E-state index contributed by atoms with van der Waals surface area (Å²) in [6.07, 6.45) is 1.01. The first-order valence-corrected chi connectivity index (χ1v) is 11.7. The topological polar surface area (TPSA) is 86.4 Å². The molecule has 3 aromatic rings. The van der Waals surface area contributed by atoms with Gasteiger partial charge in [0.25, 0.3) is 5.91 Å². The number of hydrogen-bond donors (Lipinski definition) is 1. The molecule has 158 valence electrons. The van der Waals surface area contributed by atoms with Crippen molar-refractivity contribution >= 4 is 26.8 Å². The molecule has 4 rings (SSSR count). The number of aromatic amines is 1. The second-order valence-electron chi connectivity index (χ2n) is 7.69. The lowest BCUT2D eigenvalue weighted by Gasteiger charge is -2.33. The monoisotopic (exact) mass is 426 g/mol. The smallest absolute Gasteiger partial charge is 0.275 e. The van der Waals surface area contributed by atoms with Crippen molar-refractivity contribution in [1.29, 1.82) is 0 Å². The Labute approximate surface area is 176 Å². The van der Waals surface area contributed by atoms with Crippen molar-refractivity contribution in [2.45, 2.75) is 31.1 Å². The van der Waals surface area contributed by atoms with Crippen LogP contribution >= 0.6 is 0 Å². The Morgan fingerprint density at radius 3 is 2.40 bits per heavy atom. The van der Waals surface area contributed by atoms with Crippen molar-refractivity contribution in [2.24, 2.45) is 0 Å². The zero-order chi connectivity index (χ0) is 21.3. The van der Waals surface area contributed by atoms with E-state index in [9.17, 15) is 13.2 Å². The summed E-state index contributed by atoms with van der Waals surface area (Å²) in [6.45, 7) is 5.45. The van der Waals surface area contributed by atoms with Gasteiger partial charge in [-0.2, -0.15) is 9.40 Å². The zero-order valence-corrected chi connectivity index (χ0v) is 18.0. The van der Waals surface area contributed by atoms with E-state index >= 15 is 0 Å². The molecule has 1 aliphatic rings. The molecule has 2 heterocycles. The molecule has 7 nitrogen and oxygen atoms in total. The Hall–Kier alpha value is -2.71. The van der Waals surface area contributed by atoms with Crippen LogP contribution in [0.1, 0.15) is 42.2 Å². The summed E-state index contributed by atoms with van der Waals surface area (Å²) in [4.78, 5) is 14.9. The first-order valence-electron chi connectivity index (χ1n) is 10.2. The van der Waals surface area contributed by atoms with Gasteiger partial charge in [0.1, 0.15) is 0 Å². The van der Waals surface area contributed by atoms with Crippen molar-refractivity contribution in [1.82, 2.24) is 19.4 Å². The molecule has 1 atom stereocenters. The molecule has 30 heavy (non-hydrogen) atoms. The Morgan fingerprint density at radius 1 is 1.07 bits per heavy atom. The lowest BCUT2D eigenvalue weighted by molar-refractivity contribution is 0.0694. The summed E-state index contributed by atoms with van der Waals surface area (Å²) >= 11 is 0. The van der Waals surface area contributed by atoms with Crippen LogP contribution in [0.3, 0.4) is 0 Å². The van der Waals surface area contributed by atoms with Crippen LogP contribution in [-0.4, -0.2) is 59.9 Å². The quantitative estimate of drug-likeness (QED) is 0.679. The molecular formula is C22H26N4O3S. The average Bonchev–Trinajstić information content (AvgIpc) is 3.22. The summed E-state index contributed by atoms with van der Waals surface area (Å²) in [7, 11) is -3.58. The number of H-pyrrole nitrogens is 1. The summed E-state index contributed by atoms with van der Waals surface area (Å²) < 4.78 is 27.5. The number of benzene rings is 2. The van der Waals surface area contributed by atoms with Crippen LogP contribution in [0.15, 0.2) is 53.4 Å². The zero-order valence-electron chi connectivity index (χ0n) is 17.2. The number of nitrogens with one attached hydrogen (secondary N) is 1. The van der Waals surface area contributed by atoms with E-state index in [1.54, 1.807) is 17.0 Å².